The number of hydrazine groups is 1. The third-order valence-corrected chi connectivity index (χ3v) is 5.79. The fourth-order valence-corrected chi connectivity index (χ4v) is 3.95. The topological polar surface area (TPSA) is 99.9 Å². The van der Waals surface area contributed by atoms with Crippen LogP contribution in [0, 0.1) is 10.1 Å². The number of hydrogen-bond donors (Lipinski definition) is 2. The molecule has 0 aromatic heterocycles. The Labute approximate surface area is 216 Å². The van der Waals surface area contributed by atoms with E-state index in [1.54, 1.807) is 24.4 Å². The molecule has 0 bridgehead atoms. The molecule has 35 heavy (non-hydrogen) atoms. The van der Waals surface area contributed by atoms with Gasteiger partial charge in [-0.15, -0.1) is 0 Å². The average molecular weight is 526 g/mol. The molecular weight excluding hydrogens is 509 g/mol. The van der Waals surface area contributed by atoms with Gasteiger partial charge < -0.3 is 5.32 Å². The normalized spacial score (nSPS) is 13.1. The summed E-state index contributed by atoms with van der Waals surface area (Å²) in [5, 5.41) is 16.4. The van der Waals surface area contributed by atoms with E-state index >= 15 is 0 Å². The molecule has 0 saturated carbocycles. The van der Waals surface area contributed by atoms with Crippen molar-refractivity contribution in [3.8, 4) is 0 Å². The van der Waals surface area contributed by atoms with Gasteiger partial charge in [0.1, 0.15) is 0 Å². The molecule has 1 aliphatic rings. The first-order valence-electron chi connectivity index (χ1n) is 10.2. The summed E-state index contributed by atoms with van der Waals surface area (Å²) in [6, 6.07) is 19.9. The molecule has 0 aliphatic carbocycles. The van der Waals surface area contributed by atoms with E-state index in [9.17, 15) is 14.9 Å². The van der Waals surface area contributed by atoms with E-state index in [1.165, 1.54) is 29.3 Å². The number of non-ortho nitro benzene ring substituents is 1. The minimum atomic E-state index is -0.514. The monoisotopic (exact) mass is 525 g/mol. The third kappa shape index (κ3) is 5.83. The number of thiocarbonyl (C=S) groups is 1. The van der Waals surface area contributed by atoms with Gasteiger partial charge in [-0.25, -0.2) is 10.0 Å². The number of hydrogen-bond acceptors (Lipinski definition) is 5. The summed E-state index contributed by atoms with van der Waals surface area (Å²) in [5.74, 6) is -0.342. The van der Waals surface area contributed by atoms with Crippen LogP contribution in [0.15, 0.2) is 83.4 Å². The summed E-state index contributed by atoms with van der Waals surface area (Å²) in [6.45, 7) is 0.202. The Morgan fingerprint density at radius 2 is 1.83 bits per heavy atom. The minimum Gasteiger partial charge on any atom is -0.330 e. The van der Waals surface area contributed by atoms with Crippen molar-refractivity contribution in [2.75, 3.05) is 11.9 Å². The second kappa shape index (κ2) is 10.6. The van der Waals surface area contributed by atoms with Crippen LogP contribution in [0.5, 0.6) is 0 Å². The number of halogens is 2. The molecule has 8 nitrogen and oxygen atoms in total. The number of nitrogens with one attached hydrogen (secondary N) is 2. The van der Waals surface area contributed by atoms with Crippen molar-refractivity contribution in [1.82, 2.24) is 10.4 Å². The molecule has 0 atom stereocenters. The van der Waals surface area contributed by atoms with Gasteiger partial charge in [-0.1, -0.05) is 53.5 Å². The van der Waals surface area contributed by atoms with Crippen LogP contribution in [0.3, 0.4) is 0 Å². The number of nitro benzene ring substituents is 1. The predicted octanol–water partition coefficient (Wildman–Crippen LogP) is 5.74. The third-order valence-electron chi connectivity index (χ3n) is 5.04. The summed E-state index contributed by atoms with van der Waals surface area (Å²) in [6.07, 6.45) is 1.58. The van der Waals surface area contributed by atoms with E-state index < -0.39 is 4.92 Å². The van der Waals surface area contributed by atoms with Crippen LogP contribution in [0.1, 0.15) is 15.9 Å². The molecule has 0 saturated heterocycles. The fraction of sp³-hybridized carbons (Fsp3) is 0.0417. The van der Waals surface area contributed by atoms with Gasteiger partial charge in [0.15, 0.2) is 5.11 Å². The molecule has 1 heterocycles. The lowest BCUT2D eigenvalue weighted by Crippen LogP contribution is -2.37. The van der Waals surface area contributed by atoms with Crippen molar-refractivity contribution in [3.05, 3.63) is 110 Å². The van der Waals surface area contributed by atoms with Crippen molar-refractivity contribution in [2.24, 2.45) is 4.99 Å². The molecule has 1 aliphatic heterocycles. The maximum atomic E-state index is 13.1. The summed E-state index contributed by atoms with van der Waals surface area (Å²) >= 11 is 17.4. The Kier molecular flexibility index (Phi) is 7.40. The van der Waals surface area contributed by atoms with Gasteiger partial charge in [-0.05, 0) is 48.1 Å². The van der Waals surface area contributed by atoms with E-state index in [0.717, 1.165) is 11.1 Å². The second-order valence-corrected chi connectivity index (χ2v) is 8.62. The summed E-state index contributed by atoms with van der Waals surface area (Å²) in [7, 11) is 0. The molecule has 4 rings (SSSR count). The summed E-state index contributed by atoms with van der Waals surface area (Å²) in [4.78, 5) is 27.8. The van der Waals surface area contributed by atoms with Gasteiger partial charge in [0.05, 0.1) is 27.9 Å². The summed E-state index contributed by atoms with van der Waals surface area (Å²) in [5.41, 5.74) is 6.17. The Bertz CT molecular complexity index is 1360. The molecule has 3 aromatic rings. The fourth-order valence-electron chi connectivity index (χ4n) is 3.33. The lowest BCUT2D eigenvalue weighted by atomic mass is 10.1. The number of nitro groups is 1. The van der Waals surface area contributed by atoms with Gasteiger partial charge in [-0.2, -0.15) is 0 Å². The minimum absolute atomic E-state index is 0.0892. The maximum Gasteiger partial charge on any atom is 0.272 e. The molecular formula is C24H17Cl2N5O3S. The highest BCUT2D eigenvalue weighted by molar-refractivity contribution is 7.80. The van der Waals surface area contributed by atoms with Gasteiger partial charge in [0, 0.05) is 34.5 Å². The van der Waals surface area contributed by atoms with Crippen LogP contribution < -0.4 is 10.7 Å². The molecule has 0 fully saturated rings. The van der Waals surface area contributed by atoms with Crippen molar-refractivity contribution >= 4 is 69.7 Å². The van der Waals surface area contributed by atoms with Crippen molar-refractivity contribution < 1.29 is 9.72 Å². The molecule has 0 unspecified atom stereocenters. The van der Waals surface area contributed by atoms with Crippen LogP contribution >= 0.6 is 35.4 Å². The van der Waals surface area contributed by atoms with Crippen LogP contribution in [-0.4, -0.2) is 33.7 Å². The van der Waals surface area contributed by atoms with E-state index in [0.29, 0.717) is 27.0 Å². The molecule has 0 radical (unpaired) electrons. The zero-order chi connectivity index (χ0) is 24.9. The number of carbonyl (C=O) groups excluding carboxylic acids is 1. The van der Waals surface area contributed by atoms with Crippen molar-refractivity contribution in [3.63, 3.8) is 0 Å². The first kappa shape index (κ1) is 24.3. The largest absolute Gasteiger partial charge is 0.330 e. The SMILES string of the molecule is O=C(c1ccc([N+](=O)[O-])cc1)N1CC(/C=N/C(=S)Nc2ccc(Cl)cc2Cl)=C(c2ccccc2)N1. The molecule has 0 spiro atoms. The molecule has 176 valence electrons. The Morgan fingerprint density at radius 1 is 1.11 bits per heavy atom. The lowest BCUT2D eigenvalue weighted by Gasteiger charge is -2.18. The zero-order valence-electron chi connectivity index (χ0n) is 17.9. The first-order chi connectivity index (χ1) is 16.8. The van der Waals surface area contributed by atoms with Gasteiger partial charge in [0.25, 0.3) is 11.6 Å². The number of benzene rings is 3. The van der Waals surface area contributed by atoms with Crippen molar-refractivity contribution in [2.45, 2.75) is 0 Å². The van der Waals surface area contributed by atoms with Crippen molar-refractivity contribution in [1.29, 1.82) is 0 Å². The highest BCUT2D eigenvalue weighted by Gasteiger charge is 2.27. The van der Waals surface area contributed by atoms with Crippen LogP contribution in [-0.2, 0) is 0 Å². The molecule has 1 amide bonds. The number of rotatable bonds is 5. The number of nitrogens with zero attached hydrogens (tertiary/aromatic N) is 3. The lowest BCUT2D eigenvalue weighted by molar-refractivity contribution is -0.384. The van der Waals surface area contributed by atoms with Gasteiger partial charge in [0.2, 0.25) is 0 Å². The van der Waals surface area contributed by atoms with Gasteiger partial charge >= 0.3 is 0 Å². The molecule has 3 aromatic carbocycles. The smallest absolute Gasteiger partial charge is 0.272 e. The number of carbonyl (C=O) groups is 1. The number of amides is 1. The van der Waals surface area contributed by atoms with Gasteiger partial charge in [-0.3, -0.25) is 20.3 Å². The van der Waals surface area contributed by atoms with E-state index in [-0.39, 0.29) is 23.3 Å². The van der Waals surface area contributed by atoms with Crippen LogP contribution in [0.4, 0.5) is 11.4 Å². The average Bonchev–Trinajstić information content (AvgIpc) is 3.29. The predicted molar refractivity (Wildman–Crippen MR) is 142 cm³/mol. The quantitative estimate of drug-likeness (QED) is 0.190. The zero-order valence-corrected chi connectivity index (χ0v) is 20.3. The molecule has 2 N–H and O–H groups in total. The molecule has 11 heteroatoms. The van der Waals surface area contributed by atoms with Crippen LogP contribution in [0.2, 0.25) is 10.0 Å². The highest BCUT2D eigenvalue weighted by atomic mass is 35.5. The first-order valence-corrected chi connectivity index (χ1v) is 11.4. The number of anilines is 1. The van der Waals surface area contributed by atoms with E-state index in [2.05, 4.69) is 15.7 Å². The second-order valence-electron chi connectivity index (χ2n) is 7.39. The summed E-state index contributed by atoms with van der Waals surface area (Å²) < 4.78 is 0. The Hall–Kier alpha value is -3.79. The number of aliphatic imine (C=N–C) groups is 1. The van der Waals surface area contributed by atoms with E-state index in [4.69, 9.17) is 35.4 Å². The Morgan fingerprint density at radius 3 is 2.49 bits per heavy atom. The standard InChI is InChI=1S/C24H17Cl2N5O3S/c25-18-8-11-21(20(26)12-18)28-24(35)27-13-17-14-30(29-22(17)15-4-2-1-3-5-15)23(32)16-6-9-19(10-7-16)31(33)34/h1-13,29H,14H2,(H,28,35)/b27-13+. The van der Waals surface area contributed by atoms with E-state index in [1.807, 2.05) is 30.3 Å². The maximum absolute atomic E-state index is 13.1. The highest BCUT2D eigenvalue weighted by Crippen LogP contribution is 2.26. The van der Waals surface area contributed by atoms with Crippen LogP contribution in [0.25, 0.3) is 5.70 Å². The Balaban J connectivity index is 1.54.